The topological polar surface area (TPSA) is 96.4 Å². The van der Waals surface area contributed by atoms with E-state index in [0.717, 1.165) is 0 Å². The van der Waals surface area contributed by atoms with Crippen molar-refractivity contribution in [1.82, 2.24) is 4.90 Å². The highest BCUT2D eigenvalue weighted by molar-refractivity contribution is 6.15. The van der Waals surface area contributed by atoms with Gasteiger partial charge in [0.1, 0.15) is 22.8 Å². The lowest BCUT2D eigenvalue weighted by Gasteiger charge is -2.35. The highest BCUT2D eigenvalue weighted by Gasteiger charge is 2.61. The predicted molar refractivity (Wildman–Crippen MR) is 84.2 cm³/mol. The largest absolute Gasteiger partial charge is 0.440 e. The van der Waals surface area contributed by atoms with Gasteiger partial charge in [0.05, 0.1) is 0 Å². The fourth-order valence-electron chi connectivity index (χ4n) is 4.04. The van der Waals surface area contributed by atoms with Crippen LogP contribution in [0.3, 0.4) is 0 Å². The van der Waals surface area contributed by atoms with E-state index in [9.17, 15) is 14.9 Å². The quantitative estimate of drug-likeness (QED) is 0.781. The number of amides is 1. The molecule has 2 N–H and O–H groups in total. The van der Waals surface area contributed by atoms with Crippen LogP contribution < -0.4 is 10.5 Å². The Morgan fingerprint density at radius 3 is 2.79 bits per heavy atom. The summed E-state index contributed by atoms with van der Waals surface area (Å²) in [6.45, 7) is 0. The third-order valence-corrected chi connectivity index (χ3v) is 5.03. The molecule has 0 bridgehead atoms. The Morgan fingerprint density at radius 1 is 1.29 bits per heavy atom. The van der Waals surface area contributed by atoms with Gasteiger partial charge in [-0.25, -0.2) is 0 Å². The number of nitriles is 1. The molecule has 1 aromatic carbocycles. The van der Waals surface area contributed by atoms with Crippen molar-refractivity contribution >= 4 is 11.7 Å². The van der Waals surface area contributed by atoms with E-state index in [2.05, 4.69) is 0 Å². The molecule has 4 rings (SSSR count). The smallest absolute Gasteiger partial charge is 0.247 e. The van der Waals surface area contributed by atoms with Crippen molar-refractivity contribution < 1.29 is 14.3 Å². The van der Waals surface area contributed by atoms with Gasteiger partial charge in [-0.2, -0.15) is 5.26 Å². The van der Waals surface area contributed by atoms with E-state index in [4.69, 9.17) is 10.5 Å². The molecule has 2 aliphatic heterocycles. The summed E-state index contributed by atoms with van der Waals surface area (Å²) >= 11 is 0. The number of hydrogen-bond donors (Lipinski definition) is 1. The van der Waals surface area contributed by atoms with Gasteiger partial charge in [0.15, 0.2) is 5.78 Å². The Balaban J connectivity index is 2.15. The Labute approximate surface area is 138 Å². The molecule has 1 spiro atoms. The van der Waals surface area contributed by atoms with Crippen LogP contribution in [0.25, 0.3) is 0 Å². The molecule has 6 nitrogen and oxygen atoms in total. The average molecular weight is 321 g/mol. The van der Waals surface area contributed by atoms with Gasteiger partial charge in [-0.15, -0.1) is 0 Å². The Kier molecular flexibility index (Phi) is 2.85. The second kappa shape index (κ2) is 4.71. The molecule has 0 saturated heterocycles. The van der Waals surface area contributed by atoms with Crippen molar-refractivity contribution in [2.24, 2.45) is 5.73 Å². The number of benzene rings is 1. The van der Waals surface area contributed by atoms with Gasteiger partial charge in [0, 0.05) is 30.3 Å². The number of nitrogens with two attached hydrogens (primary N) is 1. The lowest BCUT2D eigenvalue weighted by molar-refractivity contribution is -0.130. The minimum atomic E-state index is -1.48. The second-order valence-electron chi connectivity index (χ2n) is 6.16. The minimum absolute atomic E-state index is 0.00157. The lowest BCUT2D eigenvalue weighted by Crippen LogP contribution is -2.46. The fraction of sp³-hybridized carbons (Fsp3) is 0.278. The number of carbonyl (C=O) groups excluding carboxylic acids is 2. The van der Waals surface area contributed by atoms with Gasteiger partial charge >= 0.3 is 0 Å². The molecule has 0 saturated carbocycles. The van der Waals surface area contributed by atoms with E-state index >= 15 is 0 Å². The third-order valence-electron chi connectivity index (χ3n) is 5.03. The molecule has 24 heavy (non-hydrogen) atoms. The van der Waals surface area contributed by atoms with Crippen LogP contribution in [-0.4, -0.2) is 23.6 Å². The molecule has 3 aliphatic rings. The maximum Gasteiger partial charge on any atom is 0.247 e. The van der Waals surface area contributed by atoms with Crippen LogP contribution in [0.5, 0.6) is 5.75 Å². The van der Waals surface area contributed by atoms with Crippen molar-refractivity contribution in [2.75, 3.05) is 7.05 Å². The molecule has 1 amide bonds. The molecule has 6 heteroatoms. The molecular weight excluding hydrogens is 306 g/mol. The second-order valence-corrected chi connectivity index (χ2v) is 6.16. The number of para-hydroxylation sites is 1. The number of rotatable bonds is 0. The van der Waals surface area contributed by atoms with Crippen molar-refractivity contribution in [3.63, 3.8) is 0 Å². The molecule has 1 atom stereocenters. The van der Waals surface area contributed by atoms with Crippen molar-refractivity contribution in [2.45, 2.75) is 24.7 Å². The van der Waals surface area contributed by atoms with E-state index in [1.54, 1.807) is 31.3 Å². The zero-order chi connectivity index (χ0) is 17.1. The number of allylic oxidation sites excluding steroid dienone is 1. The van der Waals surface area contributed by atoms with E-state index in [1.165, 1.54) is 4.90 Å². The van der Waals surface area contributed by atoms with Crippen LogP contribution in [0.4, 0.5) is 0 Å². The van der Waals surface area contributed by atoms with E-state index in [0.29, 0.717) is 41.8 Å². The van der Waals surface area contributed by atoms with Gasteiger partial charge in [-0.05, 0) is 18.9 Å². The molecule has 2 heterocycles. The standard InChI is InChI=1S/C18H15N3O3/c1-21-12-6-4-7-13(22)15(12)18(17(21)23)10-5-2-3-8-14(10)24-16(20)11(18)9-19/h2-3,5,8H,4,6-7,20H2,1H3. The summed E-state index contributed by atoms with van der Waals surface area (Å²) in [5.41, 5.74) is 6.07. The first kappa shape index (κ1) is 14.5. The Morgan fingerprint density at radius 2 is 2.04 bits per heavy atom. The number of Topliss-reactive ketones (excluding diaryl/α,β-unsaturated/α-hetero) is 1. The van der Waals surface area contributed by atoms with Crippen LogP contribution >= 0.6 is 0 Å². The minimum Gasteiger partial charge on any atom is -0.440 e. The number of ether oxygens (including phenoxy) is 1. The van der Waals surface area contributed by atoms with Gasteiger partial charge in [-0.3, -0.25) is 9.59 Å². The first-order valence-electron chi connectivity index (χ1n) is 7.76. The summed E-state index contributed by atoms with van der Waals surface area (Å²) < 4.78 is 5.55. The molecule has 1 aromatic rings. The molecule has 120 valence electrons. The number of hydrogen-bond acceptors (Lipinski definition) is 5. The highest BCUT2D eigenvalue weighted by Crippen LogP contribution is 2.55. The van der Waals surface area contributed by atoms with Gasteiger partial charge in [0.2, 0.25) is 11.8 Å². The predicted octanol–water partition coefficient (Wildman–Crippen LogP) is 1.49. The van der Waals surface area contributed by atoms with E-state index in [-0.39, 0.29) is 23.1 Å². The number of nitrogens with zero attached hydrogens (tertiary/aromatic N) is 2. The molecule has 0 aromatic heterocycles. The van der Waals surface area contributed by atoms with Crippen LogP contribution in [0, 0.1) is 11.3 Å². The third kappa shape index (κ3) is 1.49. The first-order valence-corrected chi connectivity index (χ1v) is 7.76. The summed E-state index contributed by atoms with van der Waals surface area (Å²) in [6.07, 6.45) is 1.70. The van der Waals surface area contributed by atoms with Crippen LogP contribution in [0.1, 0.15) is 24.8 Å². The monoisotopic (exact) mass is 321 g/mol. The van der Waals surface area contributed by atoms with Crippen molar-refractivity contribution in [3.8, 4) is 11.8 Å². The SMILES string of the molecule is CN1C(=O)C2(C(C#N)=C(N)Oc3ccccc32)C2=C1CCCC2=O. The zero-order valence-corrected chi connectivity index (χ0v) is 13.1. The fourth-order valence-corrected chi connectivity index (χ4v) is 4.04. The number of fused-ring (bicyclic) bond motifs is 3. The summed E-state index contributed by atoms with van der Waals surface area (Å²) in [5, 5.41) is 9.72. The van der Waals surface area contributed by atoms with Crippen molar-refractivity contribution in [1.29, 1.82) is 5.26 Å². The molecule has 0 radical (unpaired) electrons. The van der Waals surface area contributed by atoms with Crippen molar-refractivity contribution in [3.05, 3.63) is 52.6 Å². The highest BCUT2D eigenvalue weighted by atomic mass is 16.5. The Bertz CT molecular complexity index is 906. The average Bonchev–Trinajstić information content (AvgIpc) is 2.80. The van der Waals surface area contributed by atoms with Crippen LogP contribution in [0.2, 0.25) is 0 Å². The normalized spacial score (nSPS) is 25.6. The Hall–Kier alpha value is -3.07. The first-order chi connectivity index (χ1) is 11.5. The van der Waals surface area contributed by atoms with Gasteiger partial charge < -0.3 is 15.4 Å². The van der Waals surface area contributed by atoms with Gasteiger partial charge in [0.25, 0.3) is 0 Å². The van der Waals surface area contributed by atoms with Crippen LogP contribution in [0.15, 0.2) is 47.0 Å². The summed E-state index contributed by atoms with van der Waals surface area (Å²) in [5.74, 6) is -0.142. The zero-order valence-electron chi connectivity index (χ0n) is 13.1. The maximum absolute atomic E-state index is 13.3. The number of likely N-dealkylation sites (N-methyl/N-ethyl adjacent to an activating group) is 1. The number of carbonyl (C=O) groups is 2. The summed E-state index contributed by atoms with van der Waals surface area (Å²) in [4.78, 5) is 27.6. The molecule has 1 unspecified atom stereocenters. The summed E-state index contributed by atoms with van der Waals surface area (Å²) in [7, 11) is 1.65. The number of ketones is 1. The lowest BCUT2D eigenvalue weighted by atomic mass is 9.65. The van der Waals surface area contributed by atoms with Crippen LogP contribution in [-0.2, 0) is 15.0 Å². The van der Waals surface area contributed by atoms with E-state index in [1.807, 2.05) is 6.07 Å². The molecular formula is C18H15N3O3. The maximum atomic E-state index is 13.3. The van der Waals surface area contributed by atoms with E-state index < -0.39 is 5.41 Å². The summed E-state index contributed by atoms with van der Waals surface area (Å²) in [6, 6.07) is 8.97. The van der Waals surface area contributed by atoms with Gasteiger partial charge in [-0.1, -0.05) is 18.2 Å². The molecule has 1 aliphatic carbocycles. The molecule has 0 fully saturated rings.